The molecule has 1 N–H and O–H groups in total. The number of rotatable bonds is 8. The molecule has 3 heteroatoms. The van der Waals surface area contributed by atoms with E-state index in [1.165, 1.54) is 25.7 Å². The first-order valence-electron chi connectivity index (χ1n) is 7.63. The lowest BCUT2D eigenvalue weighted by Crippen LogP contribution is -2.39. The van der Waals surface area contributed by atoms with Crippen molar-refractivity contribution >= 4 is 0 Å². The van der Waals surface area contributed by atoms with E-state index in [2.05, 4.69) is 11.8 Å². The van der Waals surface area contributed by atoms with Gasteiger partial charge in [-0.3, -0.25) is 4.90 Å². The van der Waals surface area contributed by atoms with Crippen molar-refractivity contribution in [3.05, 3.63) is 0 Å². The molecule has 0 aromatic heterocycles. The van der Waals surface area contributed by atoms with Crippen LogP contribution in [0.5, 0.6) is 0 Å². The van der Waals surface area contributed by atoms with Crippen molar-refractivity contribution < 1.29 is 9.84 Å². The molecule has 0 bridgehead atoms. The van der Waals surface area contributed by atoms with E-state index in [9.17, 15) is 5.11 Å². The van der Waals surface area contributed by atoms with Crippen molar-refractivity contribution in [1.82, 2.24) is 4.90 Å². The van der Waals surface area contributed by atoms with Crippen LogP contribution in [0.3, 0.4) is 0 Å². The number of aliphatic hydroxyl groups excluding tert-OH is 1. The van der Waals surface area contributed by atoms with E-state index >= 15 is 0 Å². The summed E-state index contributed by atoms with van der Waals surface area (Å²) < 4.78 is 5.22. The highest BCUT2D eigenvalue weighted by atomic mass is 16.5. The van der Waals surface area contributed by atoms with Crippen LogP contribution in [-0.4, -0.2) is 49.0 Å². The Morgan fingerprint density at radius 3 is 2.56 bits per heavy atom. The Balaban J connectivity index is 1.76. The van der Waals surface area contributed by atoms with Gasteiger partial charge >= 0.3 is 0 Å². The highest BCUT2D eigenvalue weighted by Gasteiger charge is 2.32. The van der Waals surface area contributed by atoms with Gasteiger partial charge in [0.05, 0.1) is 12.7 Å². The fourth-order valence-corrected chi connectivity index (χ4v) is 3.29. The minimum absolute atomic E-state index is 0.0366. The zero-order chi connectivity index (χ0) is 13.0. The van der Waals surface area contributed by atoms with Crippen LogP contribution in [0.4, 0.5) is 0 Å². The molecule has 2 rings (SSSR count). The SMILES string of the molecule is COCCN(CCC1CCCC1O)C(C)C1CC1. The number of hydrogen-bond donors (Lipinski definition) is 1. The molecule has 0 saturated heterocycles. The third-order valence-electron chi connectivity index (χ3n) is 4.87. The van der Waals surface area contributed by atoms with Crippen LogP contribution in [0.15, 0.2) is 0 Å². The maximum Gasteiger partial charge on any atom is 0.0589 e. The second-order valence-corrected chi connectivity index (χ2v) is 6.15. The molecular weight excluding hydrogens is 226 g/mol. The quantitative estimate of drug-likeness (QED) is 0.722. The van der Waals surface area contributed by atoms with Gasteiger partial charge < -0.3 is 9.84 Å². The summed E-state index contributed by atoms with van der Waals surface area (Å²) in [6, 6.07) is 0.693. The second-order valence-electron chi connectivity index (χ2n) is 6.15. The van der Waals surface area contributed by atoms with E-state index < -0.39 is 0 Å². The summed E-state index contributed by atoms with van der Waals surface area (Å²) in [6.45, 7) is 5.35. The van der Waals surface area contributed by atoms with Gasteiger partial charge in [0, 0.05) is 19.7 Å². The lowest BCUT2D eigenvalue weighted by atomic mass is 10.0. The standard InChI is InChI=1S/C15H29NO2/c1-12(13-6-7-13)16(10-11-18-2)9-8-14-4-3-5-15(14)17/h12-15,17H,3-11H2,1-2H3. The molecule has 0 spiro atoms. The van der Waals surface area contributed by atoms with E-state index in [1.807, 2.05) is 0 Å². The van der Waals surface area contributed by atoms with Gasteiger partial charge in [0.25, 0.3) is 0 Å². The number of methoxy groups -OCH3 is 1. The van der Waals surface area contributed by atoms with Crippen LogP contribution in [0.2, 0.25) is 0 Å². The van der Waals surface area contributed by atoms with Gasteiger partial charge in [-0.1, -0.05) is 6.42 Å². The maximum absolute atomic E-state index is 9.89. The van der Waals surface area contributed by atoms with Crippen LogP contribution in [0.25, 0.3) is 0 Å². The van der Waals surface area contributed by atoms with Crippen molar-refractivity contribution in [2.75, 3.05) is 26.8 Å². The van der Waals surface area contributed by atoms with Crippen LogP contribution >= 0.6 is 0 Å². The minimum atomic E-state index is -0.0366. The average Bonchev–Trinajstić information content (AvgIpc) is 3.13. The molecule has 0 radical (unpaired) electrons. The van der Waals surface area contributed by atoms with Gasteiger partial charge in [-0.15, -0.1) is 0 Å². The Labute approximate surface area is 112 Å². The Morgan fingerprint density at radius 1 is 1.22 bits per heavy atom. The molecule has 0 aromatic carbocycles. The number of hydrogen-bond acceptors (Lipinski definition) is 3. The predicted molar refractivity (Wildman–Crippen MR) is 73.6 cm³/mol. The van der Waals surface area contributed by atoms with Gasteiger partial charge in [0.2, 0.25) is 0 Å². The number of nitrogens with zero attached hydrogens (tertiary/aromatic N) is 1. The monoisotopic (exact) mass is 255 g/mol. The summed E-state index contributed by atoms with van der Waals surface area (Å²) >= 11 is 0. The molecule has 2 fully saturated rings. The van der Waals surface area contributed by atoms with E-state index in [-0.39, 0.29) is 6.10 Å². The van der Waals surface area contributed by atoms with Crippen LogP contribution < -0.4 is 0 Å². The summed E-state index contributed by atoms with van der Waals surface area (Å²) in [5, 5.41) is 9.89. The molecule has 3 atom stereocenters. The third kappa shape index (κ3) is 3.94. The van der Waals surface area contributed by atoms with Crippen LogP contribution in [-0.2, 0) is 4.74 Å². The molecule has 2 aliphatic carbocycles. The molecule has 0 aromatic rings. The molecule has 0 amide bonds. The summed E-state index contributed by atoms with van der Waals surface area (Å²) in [5.41, 5.74) is 0. The van der Waals surface area contributed by atoms with Gasteiger partial charge in [0.1, 0.15) is 0 Å². The topological polar surface area (TPSA) is 32.7 Å². The summed E-state index contributed by atoms with van der Waals surface area (Å²) in [5.74, 6) is 1.46. The molecule has 3 unspecified atom stereocenters. The fraction of sp³-hybridized carbons (Fsp3) is 1.00. The predicted octanol–water partition coefficient (Wildman–Crippen LogP) is 2.28. The second kappa shape index (κ2) is 6.88. The van der Waals surface area contributed by atoms with E-state index in [1.54, 1.807) is 7.11 Å². The molecule has 0 heterocycles. The molecule has 3 nitrogen and oxygen atoms in total. The maximum atomic E-state index is 9.89. The third-order valence-corrected chi connectivity index (χ3v) is 4.87. The fourth-order valence-electron chi connectivity index (χ4n) is 3.29. The van der Waals surface area contributed by atoms with Gasteiger partial charge in [-0.25, -0.2) is 0 Å². The highest BCUT2D eigenvalue weighted by molar-refractivity contribution is 4.86. The van der Waals surface area contributed by atoms with E-state index in [4.69, 9.17) is 4.74 Å². The summed E-state index contributed by atoms with van der Waals surface area (Å²) in [4.78, 5) is 2.58. The first-order valence-corrected chi connectivity index (χ1v) is 7.63. The van der Waals surface area contributed by atoms with Crippen LogP contribution in [0.1, 0.15) is 45.4 Å². The zero-order valence-corrected chi connectivity index (χ0v) is 12.0. The molecule has 18 heavy (non-hydrogen) atoms. The number of ether oxygens (including phenoxy) is 1. The van der Waals surface area contributed by atoms with Gasteiger partial charge in [-0.05, 0) is 57.4 Å². The smallest absolute Gasteiger partial charge is 0.0589 e. The van der Waals surface area contributed by atoms with Crippen molar-refractivity contribution in [2.45, 2.75) is 57.6 Å². The van der Waals surface area contributed by atoms with Crippen molar-refractivity contribution in [3.63, 3.8) is 0 Å². The first-order chi connectivity index (χ1) is 8.72. The van der Waals surface area contributed by atoms with Crippen molar-refractivity contribution in [1.29, 1.82) is 0 Å². The van der Waals surface area contributed by atoms with Crippen LogP contribution in [0, 0.1) is 11.8 Å². The molecule has 2 aliphatic rings. The Bertz CT molecular complexity index is 243. The highest BCUT2D eigenvalue weighted by Crippen LogP contribution is 2.36. The molecule has 2 saturated carbocycles. The lowest BCUT2D eigenvalue weighted by molar-refractivity contribution is 0.0899. The Hall–Kier alpha value is -0.120. The van der Waals surface area contributed by atoms with E-state index in [0.29, 0.717) is 12.0 Å². The normalized spacial score (nSPS) is 30.0. The first kappa shape index (κ1) is 14.3. The van der Waals surface area contributed by atoms with Gasteiger partial charge in [-0.2, -0.15) is 0 Å². The Morgan fingerprint density at radius 2 is 2.00 bits per heavy atom. The van der Waals surface area contributed by atoms with E-state index in [0.717, 1.165) is 38.5 Å². The Kier molecular flexibility index (Phi) is 5.46. The molecule has 106 valence electrons. The minimum Gasteiger partial charge on any atom is -0.393 e. The number of aliphatic hydroxyl groups is 1. The zero-order valence-electron chi connectivity index (χ0n) is 12.0. The van der Waals surface area contributed by atoms with Crippen molar-refractivity contribution in [3.8, 4) is 0 Å². The summed E-state index contributed by atoms with van der Waals surface area (Å²) in [6.07, 6.45) is 7.36. The van der Waals surface area contributed by atoms with Crippen molar-refractivity contribution in [2.24, 2.45) is 11.8 Å². The van der Waals surface area contributed by atoms with Gasteiger partial charge in [0.15, 0.2) is 0 Å². The summed E-state index contributed by atoms with van der Waals surface area (Å²) in [7, 11) is 1.78. The lowest BCUT2D eigenvalue weighted by Gasteiger charge is -2.30. The largest absolute Gasteiger partial charge is 0.393 e. The average molecular weight is 255 g/mol. The molecule has 0 aliphatic heterocycles. The molecular formula is C15H29NO2.